The average Bonchev–Trinajstić information content (AvgIpc) is 3.57. The fourth-order valence-electron chi connectivity index (χ4n) is 7.74. The van der Waals surface area contributed by atoms with Crippen molar-refractivity contribution in [2.24, 2.45) is 23.2 Å². The Morgan fingerprint density at radius 1 is 0.865 bits per heavy atom. The molecule has 25 heteroatoms. The van der Waals surface area contributed by atoms with Gasteiger partial charge in [-0.2, -0.15) is 13.5 Å². The molecule has 2 atom stereocenters. The zero-order chi connectivity index (χ0) is 53.7. The third-order valence-corrected chi connectivity index (χ3v) is 13.4. The number of halogens is 1. The first-order chi connectivity index (χ1) is 35.4. The van der Waals surface area contributed by atoms with Crippen LogP contribution in [0.5, 0.6) is 11.5 Å². The van der Waals surface area contributed by atoms with E-state index in [0.29, 0.717) is 16.6 Å². The van der Waals surface area contributed by atoms with E-state index in [1.807, 2.05) is 6.92 Å². The number of ether oxygens (including phenoxy) is 2. The topological polar surface area (TPSA) is 298 Å². The monoisotopic (exact) mass is 1080 g/mol. The molecule has 1 aromatic heterocycles. The number of nitrogens with one attached hydrogen (secondary N) is 2. The number of rotatable bonds is 25. The van der Waals surface area contributed by atoms with Gasteiger partial charge in [-0.3, -0.25) is 18.9 Å². The molecule has 2 unspecified atom stereocenters. The van der Waals surface area contributed by atoms with Crippen molar-refractivity contribution in [2.45, 2.75) is 81.7 Å². The van der Waals surface area contributed by atoms with E-state index in [0.717, 1.165) is 66.9 Å². The van der Waals surface area contributed by atoms with Gasteiger partial charge in [0.1, 0.15) is 18.0 Å². The van der Waals surface area contributed by atoms with Gasteiger partial charge in [0.15, 0.2) is 17.6 Å². The molecule has 0 aliphatic rings. The number of fused-ring (bicyclic) bond motifs is 1. The van der Waals surface area contributed by atoms with E-state index in [2.05, 4.69) is 37.2 Å². The molecule has 0 spiro atoms. The summed E-state index contributed by atoms with van der Waals surface area (Å²) in [5.41, 5.74) is -2.23. The standard InChI is InChI=1S/C49H52ClN7O15S2/c1-5-7-8-10-13-30(6-2)28-70-47(62)32-16-21-37(50)38(25-32)52-46(61)43(44(59)31-14-11-9-12-15-31)57-48(63)55(4)56(49(57)64)22-23-69-35-19-17-34(18-20-35)53-54-42-40(73-72-71-65)26-33-24-36(74(66,67)68)27-39(51-29(3)58)41(33)45(42)60/h9,11-12,14-21,24-27,30,43,60,65H,5-8,10,13,22-23,28H2,1-4H3,(H,51,58)(H,52,61)(H,66,67,68). The van der Waals surface area contributed by atoms with Gasteiger partial charge in [0.2, 0.25) is 5.91 Å². The van der Waals surface area contributed by atoms with E-state index in [1.165, 1.54) is 67.7 Å². The Bertz CT molecular complexity index is 3290. The maximum absolute atomic E-state index is 14.2. The number of phenols is 1. The molecule has 5 N–H and O–H groups in total. The van der Waals surface area contributed by atoms with E-state index in [9.17, 15) is 46.8 Å². The maximum atomic E-state index is 14.2. The van der Waals surface area contributed by atoms with Crippen molar-refractivity contribution in [3.63, 3.8) is 0 Å². The predicted molar refractivity (Wildman–Crippen MR) is 273 cm³/mol. The Morgan fingerprint density at radius 3 is 2.26 bits per heavy atom. The second-order valence-corrected chi connectivity index (χ2v) is 19.3. The second-order valence-electron chi connectivity index (χ2n) is 16.7. The van der Waals surface area contributed by atoms with Crippen molar-refractivity contribution >= 4 is 90.9 Å². The highest BCUT2D eigenvalue weighted by atomic mass is 35.5. The first-order valence-corrected chi connectivity index (χ1v) is 25.6. The highest BCUT2D eigenvalue weighted by molar-refractivity contribution is 7.94. The second kappa shape index (κ2) is 25.7. The summed E-state index contributed by atoms with van der Waals surface area (Å²) in [5.74, 6) is -3.42. The number of amides is 2. The SMILES string of the molecule is CCCCCCC(CC)COC(=O)c1ccc(Cl)c(NC(=O)C(C(=O)c2ccccc2)n2c(=O)n(C)n(CCOc3ccc(N=Nc4c(SOOO)cc5cc(S(=O)(=O)O)cc(NC(C)=O)c5c4O)cc3)c2=O)c1. The van der Waals surface area contributed by atoms with Gasteiger partial charge in [-0.1, -0.05) is 92.9 Å². The van der Waals surface area contributed by atoms with Crippen LogP contribution < -0.4 is 26.7 Å². The summed E-state index contributed by atoms with van der Waals surface area (Å²) >= 11 is 6.84. The van der Waals surface area contributed by atoms with Crippen molar-refractivity contribution < 1.29 is 61.4 Å². The summed E-state index contributed by atoms with van der Waals surface area (Å²) in [5, 5.41) is 37.0. The van der Waals surface area contributed by atoms with E-state index >= 15 is 0 Å². The van der Waals surface area contributed by atoms with Crippen LogP contribution in [0.3, 0.4) is 0 Å². The Morgan fingerprint density at radius 2 is 1.59 bits per heavy atom. The van der Waals surface area contributed by atoms with Crippen molar-refractivity contribution in [3.05, 3.63) is 128 Å². The quantitative estimate of drug-likeness (QED) is 0.00411. The number of unbranched alkanes of at least 4 members (excludes halogenated alkanes) is 3. The predicted octanol–water partition coefficient (Wildman–Crippen LogP) is 9.20. The van der Waals surface area contributed by atoms with Crippen LogP contribution in [0.4, 0.5) is 22.7 Å². The Hall–Kier alpha value is -7.19. The molecule has 5 aromatic carbocycles. The summed E-state index contributed by atoms with van der Waals surface area (Å²) in [6, 6.07) is 18.8. The lowest BCUT2D eigenvalue weighted by Crippen LogP contribution is -2.43. The number of anilines is 2. The highest BCUT2D eigenvalue weighted by Crippen LogP contribution is 2.47. The third kappa shape index (κ3) is 13.9. The van der Waals surface area contributed by atoms with E-state index < -0.39 is 61.8 Å². The summed E-state index contributed by atoms with van der Waals surface area (Å²) < 4.78 is 52.2. The minimum atomic E-state index is -4.77. The largest absolute Gasteiger partial charge is 0.505 e. The van der Waals surface area contributed by atoms with Crippen molar-refractivity contribution in [1.82, 2.24) is 13.9 Å². The summed E-state index contributed by atoms with van der Waals surface area (Å²) in [7, 11) is -3.50. The maximum Gasteiger partial charge on any atom is 0.348 e. The lowest BCUT2D eigenvalue weighted by atomic mass is 9.99. The van der Waals surface area contributed by atoms with Crippen LogP contribution in [0.25, 0.3) is 10.8 Å². The molecule has 6 aromatic rings. The van der Waals surface area contributed by atoms with Gasteiger partial charge in [-0.15, -0.1) is 9.45 Å². The molecule has 0 fully saturated rings. The minimum Gasteiger partial charge on any atom is -0.505 e. The van der Waals surface area contributed by atoms with Crippen LogP contribution in [0.2, 0.25) is 5.02 Å². The summed E-state index contributed by atoms with van der Waals surface area (Å²) in [6.07, 6.45) is 6.09. The number of carbonyl (C=O) groups excluding carboxylic acids is 4. The fraction of sp³-hybridized carbons (Fsp3) is 0.306. The number of benzene rings is 5. The van der Waals surface area contributed by atoms with Crippen LogP contribution in [0.1, 0.15) is 86.1 Å². The molecule has 392 valence electrons. The van der Waals surface area contributed by atoms with Crippen LogP contribution >= 0.6 is 23.6 Å². The number of Topliss-reactive ketones (excluding diaryl/α,β-unsaturated/α-hetero) is 1. The van der Waals surface area contributed by atoms with Gasteiger partial charge in [-0.25, -0.2) is 33.6 Å². The number of aromatic hydroxyl groups is 1. The number of hydrogen-bond acceptors (Lipinski definition) is 17. The lowest BCUT2D eigenvalue weighted by molar-refractivity contribution is -0.432. The minimum absolute atomic E-state index is 0.00261. The van der Waals surface area contributed by atoms with E-state index in [4.69, 9.17) is 26.3 Å². The summed E-state index contributed by atoms with van der Waals surface area (Å²) in [4.78, 5) is 80.8. The number of ketones is 1. The van der Waals surface area contributed by atoms with Crippen LogP contribution in [-0.2, 0) is 47.4 Å². The van der Waals surface area contributed by atoms with Crippen molar-refractivity contribution in [1.29, 1.82) is 0 Å². The first kappa shape index (κ1) is 56.1. The average molecular weight is 1080 g/mol. The zero-order valence-electron chi connectivity index (χ0n) is 40.4. The van der Waals surface area contributed by atoms with Gasteiger partial charge in [0.05, 0.1) is 62.6 Å². The van der Waals surface area contributed by atoms with E-state index in [1.54, 1.807) is 18.2 Å². The molecule has 6 rings (SSSR count). The molecule has 0 radical (unpaired) electrons. The Kier molecular flexibility index (Phi) is 19.5. The third-order valence-electron chi connectivity index (χ3n) is 11.6. The number of esters is 1. The smallest absolute Gasteiger partial charge is 0.348 e. The number of phenolic OH excluding ortho intramolecular Hbond substituents is 1. The zero-order valence-corrected chi connectivity index (χ0v) is 42.7. The van der Waals surface area contributed by atoms with Crippen LogP contribution in [-0.4, -0.2) is 74.0 Å². The van der Waals surface area contributed by atoms with Crippen molar-refractivity contribution in [2.75, 3.05) is 23.8 Å². The van der Waals surface area contributed by atoms with E-state index in [-0.39, 0.29) is 86.0 Å². The molecular weight excluding hydrogens is 1030 g/mol. The molecule has 1 heterocycles. The van der Waals surface area contributed by atoms with Gasteiger partial charge in [0.25, 0.3) is 16.0 Å². The Labute approximate surface area is 432 Å². The van der Waals surface area contributed by atoms with Gasteiger partial charge >= 0.3 is 17.3 Å². The molecule has 0 aliphatic carbocycles. The number of nitrogens with zero attached hydrogens (tertiary/aromatic N) is 5. The molecule has 74 heavy (non-hydrogen) atoms. The molecule has 0 saturated heterocycles. The number of azo groups is 1. The van der Waals surface area contributed by atoms with Crippen molar-refractivity contribution in [3.8, 4) is 11.5 Å². The first-order valence-electron chi connectivity index (χ1n) is 23.0. The van der Waals surface area contributed by atoms with Gasteiger partial charge in [-0.05, 0) is 78.4 Å². The summed E-state index contributed by atoms with van der Waals surface area (Å²) in [6.45, 7) is 5.07. The molecular formula is C49H52ClN7O15S2. The van der Waals surface area contributed by atoms with Gasteiger partial charge in [0, 0.05) is 24.9 Å². The van der Waals surface area contributed by atoms with Crippen LogP contribution in [0.15, 0.2) is 121 Å². The Balaban J connectivity index is 1.20. The number of aromatic nitrogens is 3. The molecule has 2 amide bonds. The molecule has 0 saturated carbocycles. The number of carbonyl (C=O) groups is 4. The van der Waals surface area contributed by atoms with Crippen LogP contribution in [0, 0.1) is 5.92 Å². The lowest BCUT2D eigenvalue weighted by Gasteiger charge is -2.17. The molecule has 0 bridgehead atoms. The fourth-order valence-corrected chi connectivity index (χ4v) is 8.94. The molecule has 22 nitrogen and oxygen atoms in total. The molecule has 0 aliphatic heterocycles. The van der Waals surface area contributed by atoms with Gasteiger partial charge < -0.3 is 25.2 Å². The normalized spacial score (nSPS) is 12.4. The number of hydrogen-bond donors (Lipinski definition) is 5. The highest BCUT2D eigenvalue weighted by Gasteiger charge is 2.35.